The molecule has 0 amide bonds. The molecule has 4 nitrogen and oxygen atoms in total. The molecule has 0 saturated heterocycles. The molecule has 0 atom stereocenters. The minimum Gasteiger partial charge on any atom is -0.507 e. The third kappa shape index (κ3) is 6.18. The first-order valence-corrected chi connectivity index (χ1v) is 18.5. The fourth-order valence-electron chi connectivity index (χ4n) is 8.11. The first-order chi connectivity index (χ1) is 25.6. The van der Waals surface area contributed by atoms with Crippen LogP contribution in [0.5, 0.6) is 5.75 Å². The molecule has 0 aliphatic carbocycles. The van der Waals surface area contributed by atoms with E-state index in [9.17, 15) is 5.11 Å². The standard InChI is InChI=1S/C49H44N2O2/c1-28(2)38-15-10-16-39(29(3)4)46(38)37-23-33-13-12-20-50-47(33)42(27-37)35-24-34(25-36(26-35)45-31(6)21-30(5)22-32(45)7)40-17-11-19-44-48(40)51-49(53-44)41-14-8-9-18-43(41)52/h8-29,52H,1-7H3. The van der Waals surface area contributed by atoms with Gasteiger partial charge in [0, 0.05) is 22.7 Å². The molecule has 0 radical (unpaired) electrons. The number of pyridine rings is 1. The zero-order valence-corrected chi connectivity index (χ0v) is 31.5. The van der Waals surface area contributed by atoms with Crippen LogP contribution in [0.1, 0.15) is 67.3 Å². The van der Waals surface area contributed by atoms with E-state index in [0.29, 0.717) is 28.9 Å². The second kappa shape index (κ2) is 13.5. The number of aromatic hydroxyl groups is 1. The van der Waals surface area contributed by atoms with E-state index in [2.05, 4.69) is 121 Å². The van der Waals surface area contributed by atoms with Gasteiger partial charge in [0.25, 0.3) is 0 Å². The summed E-state index contributed by atoms with van der Waals surface area (Å²) in [4.78, 5) is 9.99. The minimum absolute atomic E-state index is 0.133. The van der Waals surface area contributed by atoms with Crippen molar-refractivity contribution < 1.29 is 9.52 Å². The Morgan fingerprint density at radius 2 is 1.17 bits per heavy atom. The number of aromatic nitrogens is 2. The van der Waals surface area contributed by atoms with E-state index in [0.717, 1.165) is 44.2 Å². The van der Waals surface area contributed by atoms with Gasteiger partial charge in [-0.05, 0) is 143 Å². The first kappa shape index (κ1) is 34.1. The van der Waals surface area contributed by atoms with E-state index in [1.54, 1.807) is 12.1 Å². The molecule has 8 aromatic rings. The van der Waals surface area contributed by atoms with Crippen molar-refractivity contribution in [3.05, 3.63) is 149 Å². The van der Waals surface area contributed by atoms with Crippen LogP contribution in [-0.2, 0) is 0 Å². The van der Waals surface area contributed by atoms with Crippen LogP contribution in [0.2, 0.25) is 0 Å². The highest BCUT2D eigenvalue weighted by Crippen LogP contribution is 2.44. The van der Waals surface area contributed by atoms with Crippen LogP contribution in [-0.4, -0.2) is 15.1 Å². The predicted octanol–water partition coefficient (Wildman–Crippen LogP) is 13.6. The fraction of sp³-hybridized carbons (Fsp3) is 0.184. The molecule has 2 heterocycles. The Morgan fingerprint density at radius 3 is 1.87 bits per heavy atom. The van der Waals surface area contributed by atoms with Crippen LogP contribution in [0.4, 0.5) is 0 Å². The second-order valence-electron chi connectivity index (χ2n) is 15.0. The summed E-state index contributed by atoms with van der Waals surface area (Å²) in [7, 11) is 0. The topological polar surface area (TPSA) is 59.2 Å². The average molecular weight is 693 g/mol. The molecule has 8 rings (SSSR count). The Labute approximate surface area is 311 Å². The number of fused-ring (bicyclic) bond motifs is 2. The molecule has 262 valence electrons. The zero-order valence-electron chi connectivity index (χ0n) is 31.5. The van der Waals surface area contributed by atoms with Crippen molar-refractivity contribution in [1.82, 2.24) is 9.97 Å². The molecule has 0 unspecified atom stereocenters. The summed E-state index contributed by atoms with van der Waals surface area (Å²) in [5, 5.41) is 11.8. The lowest BCUT2D eigenvalue weighted by Crippen LogP contribution is -2.00. The van der Waals surface area contributed by atoms with Crippen molar-refractivity contribution in [3.8, 4) is 61.7 Å². The highest BCUT2D eigenvalue weighted by molar-refractivity contribution is 6.01. The Bertz CT molecular complexity index is 2630. The molecule has 4 heteroatoms. The van der Waals surface area contributed by atoms with Crippen molar-refractivity contribution in [1.29, 1.82) is 0 Å². The maximum Gasteiger partial charge on any atom is 0.231 e. The number of benzene rings is 6. The summed E-state index contributed by atoms with van der Waals surface area (Å²) in [5.74, 6) is 1.25. The van der Waals surface area contributed by atoms with Gasteiger partial charge in [-0.2, -0.15) is 0 Å². The van der Waals surface area contributed by atoms with Crippen LogP contribution in [0, 0.1) is 20.8 Å². The van der Waals surface area contributed by atoms with Crippen molar-refractivity contribution in [2.24, 2.45) is 0 Å². The maximum atomic E-state index is 10.7. The third-order valence-corrected chi connectivity index (χ3v) is 10.4. The van der Waals surface area contributed by atoms with Gasteiger partial charge < -0.3 is 9.52 Å². The van der Waals surface area contributed by atoms with Crippen LogP contribution >= 0.6 is 0 Å². The lowest BCUT2D eigenvalue weighted by molar-refractivity contribution is 0.474. The molecule has 0 spiro atoms. The van der Waals surface area contributed by atoms with Crippen LogP contribution in [0.25, 0.3) is 78.0 Å². The summed E-state index contributed by atoms with van der Waals surface area (Å²) in [6, 6.07) is 40.3. The molecule has 0 bridgehead atoms. The Balaban J connectivity index is 1.43. The monoisotopic (exact) mass is 692 g/mol. The summed E-state index contributed by atoms with van der Waals surface area (Å²) < 4.78 is 6.28. The van der Waals surface area contributed by atoms with Crippen molar-refractivity contribution in [2.45, 2.75) is 60.3 Å². The normalized spacial score (nSPS) is 11.7. The quantitative estimate of drug-likeness (QED) is 0.181. The van der Waals surface area contributed by atoms with Gasteiger partial charge in [-0.25, -0.2) is 4.98 Å². The third-order valence-electron chi connectivity index (χ3n) is 10.4. The Morgan fingerprint density at radius 1 is 0.547 bits per heavy atom. The van der Waals surface area contributed by atoms with Gasteiger partial charge in [0.2, 0.25) is 5.89 Å². The molecule has 53 heavy (non-hydrogen) atoms. The number of rotatable bonds is 7. The number of oxazole rings is 1. The van der Waals surface area contributed by atoms with Gasteiger partial charge in [-0.15, -0.1) is 0 Å². The summed E-state index contributed by atoms with van der Waals surface area (Å²) in [6.45, 7) is 15.7. The minimum atomic E-state index is 0.133. The van der Waals surface area contributed by atoms with E-state index in [1.807, 2.05) is 36.5 Å². The van der Waals surface area contributed by atoms with Gasteiger partial charge in [-0.3, -0.25) is 4.98 Å². The fourth-order valence-corrected chi connectivity index (χ4v) is 8.11. The maximum absolute atomic E-state index is 10.7. The van der Waals surface area contributed by atoms with Gasteiger partial charge >= 0.3 is 0 Å². The van der Waals surface area contributed by atoms with Gasteiger partial charge in [0.05, 0.1) is 11.1 Å². The summed E-state index contributed by atoms with van der Waals surface area (Å²) in [6.07, 6.45) is 1.89. The van der Waals surface area contributed by atoms with Crippen molar-refractivity contribution in [2.75, 3.05) is 0 Å². The van der Waals surface area contributed by atoms with E-state index in [4.69, 9.17) is 14.4 Å². The first-order valence-electron chi connectivity index (χ1n) is 18.5. The highest BCUT2D eigenvalue weighted by Gasteiger charge is 2.21. The zero-order chi connectivity index (χ0) is 37.0. The number of para-hydroxylation sites is 2. The molecular weight excluding hydrogens is 649 g/mol. The van der Waals surface area contributed by atoms with E-state index in [1.165, 1.54) is 44.5 Å². The number of phenols is 1. The number of hydrogen-bond donors (Lipinski definition) is 1. The van der Waals surface area contributed by atoms with Crippen LogP contribution in [0.15, 0.2) is 126 Å². The van der Waals surface area contributed by atoms with Crippen LogP contribution in [0.3, 0.4) is 0 Å². The van der Waals surface area contributed by atoms with Crippen molar-refractivity contribution in [3.63, 3.8) is 0 Å². The molecule has 6 aromatic carbocycles. The molecular formula is C49H44N2O2. The van der Waals surface area contributed by atoms with E-state index < -0.39 is 0 Å². The lowest BCUT2D eigenvalue weighted by atomic mass is 9.83. The number of aryl methyl sites for hydroxylation is 3. The van der Waals surface area contributed by atoms with Gasteiger partial charge in [0.1, 0.15) is 11.3 Å². The molecule has 0 saturated carbocycles. The SMILES string of the molecule is Cc1cc(C)c(-c2cc(-c3cc(-c4c(C(C)C)cccc4C(C)C)cc4cccnc34)cc(-c3cccc4oc(-c5ccccc5O)nc34)c2)c(C)c1. The molecule has 0 fully saturated rings. The Kier molecular flexibility index (Phi) is 8.70. The summed E-state index contributed by atoms with van der Waals surface area (Å²) >= 11 is 0. The van der Waals surface area contributed by atoms with Crippen LogP contribution < -0.4 is 0 Å². The predicted molar refractivity (Wildman–Crippen MR) is 221 cm³/mol. The van der Waals surface area contributed by atoms with Gasteiger partial charge in [0.15, 0.2) is 5.58 Å². The Hall–Kier alpha value is -6.00. The summed E-state index contributed by atoms with van der Waals surface area (Å²) in [5.41, 5.74) is 18.4. The number of nitrogens with zero attached hydrogens (tertiary/aromatic N) is 2. The molecule has 2 aromatic heterocycles. The van der Waals surface area contributed by atoms with E-state index in [-0.39, 0.29) is 5.75 Å². The highest BCUT2D eigenvalue weighted by atomic mass is 16.3. The number of hydrogen-bond acceptors (Lipinski definition) is 4. The smallest absolute Gasteiger partial charge is 0.231 e. The second-order valence-corrected chi connectivity index (χ2v) is 15.0. The van der Waals surface area contributed by atoms with Crippen molar-refractivity contribution >= 4 is 22.0 Å². The number of phenolic OH excluding ortho intramolecular Hbond substituents is 1. The van der Waals surface area contributed by atoms with Gasteiger partial charge in [-0.1, -0.05) is 93.9 Å². The molecule has 1 N–H and O–H groups in total. The lowest BCUT2D eigenvalue weighted by Gasteiger charge is -2.21. The molecule has 0 aliphatic heterocycles. The average Bonchev–Trinajstić information content (AvgIpc) is 3.58. The molecule has 0 aliphatic rings. The largest absolute Gasteiger partial charge is 0.507 e. The van der Waals surface area contributed by atoms with E-state index >= 15 is 0 Å².